The third-order valence-electron chi connectivity index (χ3n) is 4.09. The molecule has 0 saturated heterocycles. The van der Waals surface area contributed by atoms with Crippen molar-refractivity contribution in [1.82, 2.24) is 9.97 Å². The van der Waals surface area contributed by atoms with Crippen molar-refractivity contribution >= 4 is 17.5 Å². The summed E-state index contributed by atoms with van der Waals surface area (Å²) in [7, 11) is 0. The van der Waals surface area contributed by atoms with Crippen LogP contribution in [0.5, 0.6) is 0 Å². The zero-order valence-electron chi connectivity index (χ0n) is 12.1. The van der Waals surface area contributed by atoms with Crippen LogP contribution in [0.25, 0.3) is 0 Å². The summed E-state index contributed by atoms with van der Waals surface area (Å²) >= 11 is 0. The van der Waals surface area contributed by atoms with Gasteiger partial charge in [0, 0.05) is 12.6 Å². The van der Waals surface area contributed by atoms with E-state index in [1.165, 1.54) is 6.20 Å². The van der Waals surface area contributed by atoms with Gasteiger partial charge in [0.15, 0.2) is 0 Å². The summed E-state index contributed by atoms with van der Waals surface area (Å²) in [6.07, 6.45) is 3.41. The molecule has 1 saturated carbocycles. The van der Waals surface area contributed by atoms with Crippen LogP contribution in [-0.2, 0) is 0 Å². The maximum absolute atomic E-state index is 11.1. The molecule has 1 aromatic rings. The minimum Gasteiger partial charge on any atom is -0.361 e. The molecule has 1 aliphatic rings. The first-order valence-electron chi connectivity index (χ1n) is 7.04. The van der Waals surface area contributed by atoms with E-state index in [0.717, 1.165) is 12.8 Å². The second kappa shape index (κ2) is 6.02. The van der Waals surface area contributed by atoms with Crippen molar-refractivity contribution in [2.24, 2.45) is 11.8 Å². The lowest BCUT2D eigenvalue weighted by Crippen LogP contribution is -2.25. The molecular weight excluding hydrogens is 258 g/mol. The molecule has 1 aliphatic carbocycles. The summed E-state index contributed by atoms with van der Waals surface area (Å²) in [6, 6.07) is 0.230. The Bertz CT molecular complexity index is 494. The van der Waals surface area contributed by atoms with E-state index < -0.39 is 4.92 Å². The van der Waals surface area contributed by atoms with Gasteiger partial charge in [-0.2, -0.15) is 4.98 Å². The van der Waals surface area contributed by atoms with Crippen molar-refractivity contribution in [2.75, 3.05) is 17.2 Å². The van der Waals surface area contributed by atoms with Gasteiger partial charge in [0.1, 0.15) is 6.20 Å². The van der Waals surface area contributed by atoms with E-state index in [4.69, 9.17) is 0 Å². The zero-order chi connectivity index (χ0) is 14.7. The average molecular weight is 279 g/mol. The number of nitrogens with one attached hydrogen (secondary N) is 2. The van der Waals surface area contributed by atoms with Crippen molar-refractivity contribution in [2.45, 2.75) is 39.7 Å². The van der Waals surface area contributed by atoms with Gasteiger partial charge in [0.25, 0.3) is 0 Å². The first-order chi connectivity index (χ1) is 9.52. The largest absolute Gasteiger partial charge is 0.361 e. The van der Waals surface area contributed by atoms with Gasteiger partial charge in [-0.3, -0.25) is 10.1 Å². The van der Waals surface area contributed by atoms with Crippen molar-refractivity contribution in [3.8, 4) is 0 Å². The van der Waals surface area contributed by atoms with Crippen LogP contribution in [0.1, 0.15) is 33.6 Å². The van der Waals surface area contributed by atoms with Crippen LogP contribution in [0.3, 0.4) is 0 Å². The molecule has 7 nitrogen and oxygen atoms in total. The molecule has 0 aromatic carbocycles. The van der Waals surface area contributed by atoms with Gasteiger partial charge >= 0.3 is 5.69 Å². The minimum atomic E-state index is -0.443. The van der Waals surface area contributed by atoms with Crippen LogP contribution in [-0.4, -0.2) is 27.5 Å². The summed E-state index contributed by atoms with van der Waals surface area (Å²) in [5, 5.41) is 17.3. The number of aromatic nitrogens is 2. The summed E-state index contributed by atoms with van der Waals surface area (Å²) in [5.74, 6) is 1.83. The average Bonchev–Trinajstić information content (AvgIpc) is 2.71. The summed E-state index contributed by atoms with van der Waals surface area (Å²) in [4.78, 5) is 18.8. The predicted molar refractivity (Wildman–Crippen MR) is 77.8 cm³/mol. The van der Waals surface area contributed by atoms with Crippen LogP contribution in [0.4, 0.5) is 17.5 Å². The molecule has 2 rings (SSSR count). The van der Waals surface area contributed by atoms with E-state index in [-0.39, 0.29) is 11.7 Å². The van der Waals surface area contributed by atoms with Crippen molar-refractivity contribution in [3.05, 3.63) is 16.3 Å². The van der Waals surface area contributed by atoms with Crippen LogP contribution in [0.2, 0.25) is 0 Å². The number of hydrogen-bond donors (Lipinski definition) is 2. The lowest BCUT2D eigenvalue weighted by Gasteiger charge is -2.20. The lowest BCUT2D eigenvalue weighted by atomic mass is 9.98. The highest BCUT2D eigenvalue weighted by atomic mass is 16.6. The normalized spacial score (nSPS) is 25.4. The lowest BCUT2D eigenvalue weighted by molar-refractivity contribution is -0.384. The standard InChI is InChI=1S/C13H21N5O2/c1-4-14-13-15-7-11(18(19)20)12(17-13)16-10-6-5-8(2)9(10)3/h7-10H,4-6H2,1-3H3,(H2,14,15,16,17). The number of anilines is 2. The van der Waals surface area contributed by atoms with Gasteiger partial charge < -0.3 is 10.6 Å². The Balaban J connectivity index is 2.23. The molecule has 7 heteroatoms. The van der Waals surface area contributed by atoms with Crippen LogP contribution < -0.4 is 10.6 Å². The third kappa shape index (κ3) is 2.97. The van der Waals surface area contributed by atoms with Gasteiger partial charge in [-0.05, 0) is 31.6 Å². The fourth-order valence-electron chi connectivity index (χ4n) is 2.60. The smallest absolute Gasteiger partial charge is 0.329 e. The van der Waals surface area contributed by atoms with Crippen LogP contribution in [0.15, 0.2) is 6.20 Å². The van der Waals surface area contributed by atoms with Gasteiger partial charge in [0.05, 0.1) is 4.92 Å². The molecule has 0 amide bonds. The van der Waals surface area contributed by atoms with Gasteiger partial charge in [-0.15, -0.1) is 0 Å². The molecule has 0 bridgehead atoms. The second-order valence-electron chi connectivity index (χ2n) is 5.38. The third-order valence-corrected chi connectivity index (χ3v) is 4.09. The second-order valence-corrected chi connectivity index (χ2v) is 5.38. The maximum atomic E-state index is 11.1. The Kier molecular flexibility index (Phi) is 4.36. The monoisotopic (exact) mass is 279 g/mol. The molecule has 3 unspecified atom stereocenters. The summed E-state index contributed by atoms with van der Waals surface area (Å²) in [6.45, 7) is 6.99. The maximum Gasteiger partial charge on any atom is 0.329 e. The first kappa shape index (κ1) is 14.5. The van der Waals surface area contributed by atoms with Gasteiger partial charge in [-0.1, -0.05) is 13.8 Å². The highest BCUT2D eigenvalue weighted by Crippen LogP contribution is 2.34. The number of rotatable bonds is 5. The van der Waals surface area contributed by atoms with Crippen molar-refractivity contribution in [3.63, 3.8) is 0 Å². The molecule has 1 aromatic heterocycles. The molecule has 0 radical (unpaired) electrons. The van der Waals surface area contributed by atoms with E-state index >= 15 is 0 Å². The van der Waals surface area contributed by atoms with E-state index in [1.807, 2.05) is 6.92 Å². The number of hydrogen-bond acceptors (Lipinski definition) is 6. The highest BCUT2D eigenvalue weighted by molar-refractivity contribution is 5.57. The number of nitro groups is 1. The fraction of sp³-hybridized carbons (Fsp3) is 0.692. The molecule has 0 aliphatic heterocycles. The Labute approximate surface area is 118 Å². The molecule has 3 atom stereocenters. The van der Waals surface area contributed by atoms with E-state index in [0.29, 0.717) is 30.1 Å². The van der Waals surface area contributed by atoms with E-state index in [9.17, 15) is 10.1 Å². The molecule has 1 heterocycles. The molecule has 0 spiro atoms. The van der Waals surface area contributed by atoms with Gasteiger partial charge in [0.2, 0.25) is 11.8 Å². The Morgan fingerprint density at radius 2 is 2.20 bits per heavy atom. The quantitative estimate of drug-likeness (QED) is 0.635. The Hall–Kier alpha value is -1.92. The minimum absolute atomic E-state index is 0.0709. The summed E-state index contributed by atoms with van der Waals surface area (Å²) < 4.78 is 0. The molecule has 1 fully saturated rings. The van der Waals surface area contributed by atoms with Crippen LogP contribution >= 0.6 is 0 Å². The Morgan fingerprint density at radius 1 is 1.45 bits per heavy atom. The zero-order valence-corrected chi connectivity index (χ0v) is 12.1. The molecule has 20 heavy (non-hydrogen) atoms. The van der Waals surface area contributed by atoms with E-state index in [2.05, 4.69) is 34.4 Å². The first-order valence-corrected chi connectivity index (χ1v) is 7.04. The van der Waals surface area contributed by atoms with Gasteiger partial charge in [-0.25, -0.2) is 4.98 Å². The fourth-order valence-corrected chi connectivity index (χ4v) is 2.60. The number of nitrogens with zero attached hydrogens (tertiary/aromatic N) is 3. The molecule has 110 valence electrons. The molecular formula is C13H21N5O2. The predicted octanol–water partition coefficient (Wildman–Crippen LogP) is 2.66. The summed E-state index contributed by atoms with van der Waals surface area (Å²) in [5.41, 5.74) is -0.0709. The Morgan fingerprint density at radius 3 is 2.75 bits per heavy atom. The van der Waals surface area contributed by atoms with Crippen molar-refractivity contribution in [1.29, 1.82) is 0 Å². The topological polar surface area (TPSA) is 93.0 Å². The molecule has 2 N–H and O–H groups in total. The van der Waals surface area contributed by atoms with E-state index in [1.54, 1.807) is 0 Å². The SMILES string of the molecule is CCNc1ncc([N+](=O)[O-])c(NC2CCC(C)C2C)n1. The van der Waals surface area contributed by atoms with Crippen molar-refractivity contribution < 1.29 is 4.92 Å². The van der Waals surface area contributed by atoms with Crippen LogP contribution in [0, 0.1) is 22.0 Å². The highest BCUT2D eigenvalue weighted by Gasteiger charge is 2.31.